The van der Waals surface area contributed by atoms with Crippen LogP contribution in [0.5, 0.6) is 0 Å². The zero-order valence-corrected chi connectivity index (χ0v) is 10.8. The first-order valence-corrected chi connectivity index (χ1v) is 6.08. The summed E-state index contributed by atoms with van der Waals surface area (Å²) in [6.07, 6.45) is 0. The minimum atomic E-state index is 0.127. The molecule has 3 aromatic rings. The minimum Gasteiger partial charge on any atom is -0.343 e. The monoisotopic (exact) mass is 237 g/mol. The van der Waals surface area contributed by atoms with Crippen molar-refractivity contribution in [2.75, 3.05) is 0 Å². The molecular formula is C16H15NO. The van der Waals surface area contributed by atoms with E-state index in [2.05, 4.69) is 17.6 Å². The topological polar surface area (TPSA) is 22.0 Å². The molecule has 0 aliphatic carbocycles. The van der Waals surface area contributed by atoms with Gasteiger partial charge in [0.05, 0.1) is 11.0 Å². The van der Waals surface area contributed by atoms with E-state index in [1.165, 1.54) is 5.56 Å². The number of pyridine rings is 1. The molecule has 2 nitrogen and oxygen atoms in total. The molecule has 1 heterocycles. The van der Waals surface area contributed by atoms with Crippen LogP contribution in [0, 0.1) is 13.8 Å². The molecule has 0 N–H and O–H groups in total. The Labute approximate surface area is 105 Å². The molecule has 0 atom stereocenters. The first-order valence-electron chi connectivity index (χ1n) is 6.08. The quantitative estimate of drug-likeness (QED) is 0.550. The number of aromatic nitrogens is 1. The van der Waals surface area contributed by atoms with Gasteiger partial charge < -0.3 is 4.57 Å². The van der Waals surface area contributed by atoms with Crippen LogP contribution in [0.15, 0.2) is 41.2 Å². The van der Waals surface area contributed by atoms with Gasteiger partial charge in [0.15, 0.2) is 5.43 Å². The second kappa shape index (κ2) is 3.70. The SMILES string of the molecule is Cc1cc2c(=O)c3ccccc3n(C)c2cc1C. The van der Waals surface area contributed by atoms with E-state index in [9.17, 15) is 4.79 Å². The molecule has 3 rings (SSSR count). The predicted molar refractivity (Wildman–Crippen MR) is 76.2 cm³/mol. The minimum absolute atomic E-state index is 0.127. The van der Waals surface area contributed by atoms with E-state index in [0.29, 0.717) is 0 Å². The third-order valence-electron chi connectivity index (χ3n) is 3.73. The van der Waals surface area contributed by atoms with Gasteiger partial charge in [-0.25, -0.2) is 0 Å². The Morgan fingerprint density at radius 1 is 0.889 bits per heavy atom. The summed E-state index contributed by atoms with van der Waals surface area (Å²) in [5.74, 6) is 0. The fourth-order valence-electron chi connectivity index (χ4n) is 2.49. The molecule has 0 amide bonds. The van der Waals surface area contributed by atoms with E-state index < -0.39 is 0 Å². The van der Waals surface area contributed by atoms with Crippen LogP contribution in [0.2, 0.25) is 0 Å². The molecule has 0 saturated heterocycles. The van der Waals surface area contributed by atoms with Gasteiger partial charge >= 0.3 is 0 Å². The van der Waals surface area contributed by atoms with Crippen molar-refractivity contribution in [1.29, 1.82) is 0 Å². The largest absolute Gasteiger partial charge is 0.343 e. The second-order valence-corrected chi connectivity index (χ2v) is 4.86. The maximum absolute atomic E-state index is 12.5. The Kier molecular flexibility index (Phi) is 2.27. The fourth-order valence-corrected chi connectivity index (χ4v) is 2.49. The first kappa shape index (κ1) is 11.0. The molecule has 0 unspecified atom stereocenters. The van der Waals surface area contributed by atoms with Crippen molar-refractivity contribution in [3.05, 3.63) is 57.7 Å². The van der Waals surface area contributed by atoms with Crippen LogP contribution < -0.4 is 5.43 Å². The number of hydrogen-bond donors (Lipinski definition) is 0. The highest BCUT2D eigenvalue weighted by Crippen LogP contribution is 2.20. The standard InChI is InChI=1S/C16H15NO/c1-10-8-13-15(9-11(10)2)17(3)14-7-5-4-6-12(14)16(13)18/h4-9H,1-3H3. The highest BCUT2D eigenvalue weighted by Gasteiger charge is 2.09. The predicted octanol–water partition coefficient (Wildman–Crippen LogP) is 3.31. The van der Waals surface area contributed by atoms with E-state index in [4.69, 9.17) is 0 Å². The molecule has 1 aromatic heterocycles. The average molecular weight is 237 g/mol. The molecule has 90 valence electrons. The summed E-state index contributed by atoms with van der Waals surface area (Å²) < 4.78 is 2.10. The zero-order valence-electron chi connectivity index (χ0n) is 10.8. The number of para-hydroxylation sites is 1. The molecule has 0 radical (unpaired) electrons. The number of nitrogens with zero attached hydrogens (tertiary/aromatic N) is 1. The maximum Gasteiger partial charge on any atom is 0.197 e. The van der Waals surface area contributed by atoms with Crippen molar-refractivity contribution in [2.24, 2.45) is 7.05 Å². The summed E-state index contributed by atoms with van der Waals surface area (Å²) in [5.41, 5.74) is 4.49. The van der Waals surface area contributed by atoms with Crippen LogP contribution >= 0.6 is 0 Å². The van der Waals surface area contributed by atoms with Gasteiger partial charge in [-0.15, -0.1) is 0 Å². The van der Waals surface area contributed by atoms with Gasteiger partial charge in [0, 0.05) is 17.8 Å². The van der Waals surface area contributed by atoms with Gasteiger partial charge in [-0.3, -0.25) is 4.79 Å². The Morgan fingerprint density at radius 2 is 1.56 bits per heavy atom. The molecule has 0 aliphatic rings. The normalized spacial score (nSPS) is 11.3. The lowest BCUT2D eigenvalue weighted by molar-refractivity contribution is 1.000. The highest BCUT2D eigenvalue weighted by atomic mass is 16.1. The van der Waals surface area contributed by atoms with E-state index in [0.717, 1.165) is 27.4 Å². The summed E-state index contributed by atoms with van der Waals surface area (Å²) in [5, 5.41) is 1.59. The Balaban J connectivity index is 2.67. The molecule has 2 aromatic carbocycles. The molecule has 2 heteroatoms. The zero-order chi connectivity index (χ0) is 12.9. The summed E-state index contributed by atoms with van der Waals surface area (Å²) in [7, 11) is 2.01. The molecule has 0 aliphatic heterocycles. The first-order chi connectivity index (χ1) is 8.59. The number of benzene rings is 2. The van der Waals surface area contributed by atoms with Crippen molar-refractivity contribution in [1.82, 2.24) is 4.57 Å². The van der Waals surface area contributed by atoms with Crippen LogP contribution in [0.1, 0.15) is 11.1 Å². The van der Waals surface area contributed by atoms with Crippen molar-refractivity contribution in [2.45, 2.75) is 13.8 Å². The second-order valence-electron chi connectivity index (χ2n) is 4.86. The van der Waals surface area contributed by atoms with Crippen LogP contribution in [0.4, 0.5) is 0 Å². The lowest BCUT2D eigenvalue weighted by Gasteiger charge is -2.12. The number of fused-ring (bicyclic) bond motifs is 2. The third-order valence-corrected chi connectivity index (χ3v) is 3.73. The molecule has 0 fully saturated rings. The molecular weight excluding hydrogens is 222 g/mol. The lowest BCUT2D eigenvalue weighted by Crippen LogP contribution is -2.09. The Hall–Kier alpha value is -2.09. The fraction of sp³-hybridized carbons (Fsp3) is 0.188. The number of aryl methyl sites for hydroxylation is 3. The summed E-state index contributed by atoms with van der Waals surface area (Å²) in [6, 6.07) is 11.9. The van der Waals surface area contributed by atoms with E-state index >= 15 is 0 Å². The summed E-state index contributed by atoms with van der Waals surface area (Å²) in [4.78, 5) is 12.5. The van der Waals surface area contributed by atoms with Crippen molar-refractivity contribution in [3.8, 4) is 0 Å². The van der Waals surface area contributed by atoms with Crippen molar-refractivity contribution in [3.63, 3.8) is 0 Å². The van der Waals surface area contributed by atoms with Gasteiger partial charge in [-0.05, 0) is 49.2 Å². The molecule has 0 spiro atoms. The lowest BCUT2D eigenvalue weighted by atomic mass is 10.0. The highest BCUT2D eigenvalue weighted by molar-refractivity contribution is 5.93. The smallest absolute Gasteiger partial charge is 0.197 e. The summed E-state index contributed by atoms with van der Waals surface area (Å²) >= 11 is 0. The van der Waals surface area contributed by atoms with Gasteiger partial charge in [-0.2, -0.15) is 0 Å². The van der Waals surface area contributed by atoms with Gasteiger partial charge in [0.1, 0.15) is 0 Å². The van der Waals surface area contributed by atoms with Gasteiger partial charge in [0.2, 0.25) is 0 Å². The van der Waals surface area contributed by atoms with Crippen molar-refractivity contribution < 1.29 is 0 Å². The van der Waals surface area contributed by atoms with E-state index in [-0.39, 0.29) is 5.43 Å². The molecule has 0 saturated carbocycles. The van der Waals surface area contributed by atoms with Gasteiger partial charge in [-0.1, -0.05) is 12.1 Å². The Morgan fingerprint density at radius 3 is 2.33 bits per heavy atom. The van der Waals surface area contributed by atoms with Crippen LogP contribution in [0.3, 0.4) is 0 Å². The van der Waals surface area contributed by atoms with Gasteiger partial charge in [0.25, 0.3) is 0 Å². The van der Waals surface area contributed by atoms with Crippen molar-refractivity contribution >= 4 is 21.8 Å². The molecule has 18 heavy (non-hydrogen) atoms. The van der Waals surface area contributed by atoms with Crippen LogP contribution in [-0.2, 0) is 7.05 Å². The third kappa shape index (κ3) is 1.39. The molecule has 0 bridgehead atoms. The summed E-state index contributed by atoms with van der Waals surface area (Å²) in [6.45, 7) is 4.12. The van der Waals surface area contributed by atoms with E-state index in [1.54, 1.807) is 0 Å². The Bertz CT molecular complexity index is 828. The number of rotatable bonds is 0. The van der Waals surface area contributed by atoms with Crippen LogP contribution in [-0.4, -0.2) is 4.57 Å². The van der Waals surface area contributed by atoms with E-state index in [1.807, 2.05) is 44.3 Å². The van der Waals surface area contributed by atoms with Crippen LogP contribution in [0.25, 0.3) is 21.8 Å². The number of hydrogen-bond acceptors (Lipinski definition) is 1. The maximum atomic E-state index is 12.5. The average Bonchev–Trinajstić information content (AvgIpc) is 2.38.